The summed E-state index contributed by atoms with van der Waals surface area (Å²) in [5.74, 6) is 3.85. The Balaban J connectivity index is 3.80. The number of rotatable bonds is 2. The molecule has 0 heterocycles. The van der Waals surface area contributed by atoms with E-state index in [0.717, 1.165) is 0 Å². The summed E-state index contributed by atoms with van der Waals surface area (Å²) in [6.07, 6.45) is 10.6. The smallest absolute Gasteiger partial charge is 0.296 e. The normalized spacial score (nSPS) is 10.7. The molecule has 0 spiro atoms. The maximum Gasteiger partial charge on any atom is 0.296 e. The fourth-order valence-corrected chi connectivity index (χ4v) is 0.461. The molecule has 1 amide bonds. The molecule has 1 atom stereocenters. The van der Waals surface area contributed by atoms with E-state index in [1.807, 2.05) is 12.8 Å². The van der Waals surface area contributed by atoms with Crippen LogP contribution in [0.25, 0.3) is 0 Å². The van der Waals surface area contributed by atoms with Gasteiger partial charge in [0, 0.05) is 0 Å². The summed E-state index contributed by atoms with van der Waals surface area (Å²) in [7, 11) is 0. The Morgan fingerprint density at radius 2 is 2.30 bits per heavy atom. The van der Waals surface area contributed by atoms with Crippen LogP contribution < -0.4 is 5.32 Å². The molecule has 0 aliphatic carbocycles. The molecule has 2 nitrogen and oxygen atoms in total. The Labute approximate surface area is 61.0 Å². The van der Waals surface area contributed by atoms with E-state index in [-0.39, 0.29) is 6.04 Å². The van der Waals surface area contributed by atoms with Crippen molar-refractivity contribution in [2.24, 2.45) is 0 Å². The monoisotopic (exact) mass is 135 g/mol. The van der Waals surface area contributed by atoms with Crippen LogP contribution in [0.3, 0.4) is 0 Å². The summed E-state index contributed by atoms with van der Waals surface area (Å²) in [6.45, 7) is 1.88. The van der Waals surface area contributed by atoms with Gasteiger partial charge in [-0.15, -0.1) is 12.8 Å². The van der Waals surface area contributed by atoms with Crippen molar-refractivity contribution in [1.29, 1.82) is 0 Å². The first kappa shape index (κ1) is 8.59. The van der Waals surface area contributed by atoms with Gasteiger partial charge < -0.3 is 5.32 Å². The minimum atomic E-state index is -0.454. The highest BCUT2D eigenvalue weighted by Crippen LogP contribution is 1.85. The third-order valence-electron chi connectivity index (χ3n) is 1.05. The summed E-state index contributed by atoms with van der Waals surface area (Å²) in [5.41, 5.74) is 0. The number of amides is 1. The molecule has 0 aromatic rings. The first-order valence-electron chi connectivity index (χ1n) is 2.97. The molecule has 0 fully saturated rings. The zero-order valence-electron chi connectivity index (χ0n) is 5.85. The van der Waals surface area contributed by atoms with Crippen molar-refractivity contribution in [3.8, 4) is 24.7 Å². The van der Waals surface area contributed by atoms with E-state index < -0.39 is 5.91 Å². The van der Waals surface area contributed by atoms with Crippen molar-refractivity contribution in [3.05, 3.63) is 0 Å². The molecule has 0 bridgehead atoms. The van der Waals surface area contributed by atoms with Crippen molar-refractivity contribution in [1.82, 2.24) is 5.32 Å². The SMILES string of the molecule is C#CC(=O)NC(C#C)CC. The number of nitrogens with one attached hydrogen (secondary N) is 1. The molecule has 0 radical (unpaired) electrons. The van der Waals surface area contributed by atoms with Gasteiger partial charge in [0.25, 0.3) is 5.91 Å². The summed E-state index contributed by atoms with van der Waals surface area (Å²) in [5, 5.41) is 2.45. The molecule has 0 saturated carbocycles. The third-order valence-corrected chi connectivity index (χ3v) is 1.05. The predicted molar refractivity (Wildman–Crippen MR) is 39.9 cm³/mol. The molecule has 0 aromatic carbocycles. The van der Waals surface area contributed by atoms with Crippen LogP contribution in [-0.4, -0.2) is 11.9 Å². The van der Waals surface area contributed by atoms with Gasteiger partial charge in [0.1, 0.15) is 0 Å². The highest BCUT2D eigenvalue weighted by atomic mass is 16.1. The maximum absolute atomic E-state index is 10.5. The molecule has 0 rings (SSSR count). The molecule has 0 aliphatic heterocycles. The lowest BCUT2D eigenvalue weighted by Gasteiger charge is -2.05. The first-order chi connectivity index (χ1) is 4.74. The van der Waals surface area contributed by atoms with Gasteiger partial charge in [0.05, 0.1) is 6.04 Å². The van der Waals surface area contributed by atoms with Crippen molar-refractivity contribution in [2.75, 3.05) is 0 Å². The standard InChI is InChI=1S/C8H9NO/c1-4-7(5-2)9-8(10)6-3/h1,3,7H,5H2,2H3,(H,9,10). The van der Waals surface area contributed by atoms with Gasteiger partial charge in [-0.1, -0.05) is 12.8 Å². The number of terminal acetylenes is 2. The predicted octanol–water partition coefficient (Wildman–Crippen LogP) is 0.148. The lowest BCUT2D eigenvalue weighted by atomic mass is 10.2. The maximum atomic E-state index is 10.5. The number of hydrogen-bond acceptors (Lipinski definition) is 1. The van der Waals surface area contributed by atoms with Gasteiger partial charge in [0.15, 0.2) is 0 Å². The van der Waals surface area contributed by atoms with Crippen LogP contribution in [0.15, 0.2) is 0 Å². The molecule has 0 aromatic heterocycles. The largest absolute Gasteiger partial charge is 0.332 e. The number of carbonyl (C=O) groups excluding carboxylic acids is 1. The fourth-order valence-electron chi connectivity index (χ4n) is 0.461. The highest BCUT2D eigenvalue weighted by molar-refractivity contribution is 5.93. The van der Waals surface area contributed by atoms with Gasteiger partial charge in [-0.2, -0.15) is 0 Å². The number of carbonyl (C=O) groups is 1. The molecule has 1 N–H and O–H groups in total. The van der Waals surface area contributed by atoms with E-state index in [1.165, 1.54) is 0 Å². The minimum absolute atomic E-state index is 0.233. The summed E-state index contributed by atoms with van der Waals surface area (Å²) >= 11 is 0. The van der Waals surface area contributed by atoms with Gasteiger partial charge in [-0.3, -0.25) is 4.79 Å². The van der Waals surface area contributed by atoms with Gasteiger partial charge in [0.2, 0.25) is 0 Å². The van der Waals surface area contributed by atoms with Crippen LogP contribution in [-0.2, 0) is 4.79 Å². The first-order valence-corrected chi connectivity index (χ1v) is 2.97. The van der Waals surface area contributed by atoms with E-state index in [9.17, 15) is 4.79 Å². The van der Waals surface area contributed by atoms with Crippen LogP contribution in [0, 0.1) is 24.7 Å². The second kappa shape index (κ2) is 4.47. The van der Waals surface area contributed by atoms with Gasteiger partial charge >= 0.3 is 0 Å². The lowest BCUT2D eigenvalue weighted by Crippen LogP contribution is -2.31. The fraction of sp³-hybridized carbons (Fsp3) is 0.375. The Morgan fingerprint density at radius 1 is 1.70 bits per heavy atom. The molecular formula is C8H9NO. The van der Waals surface area contributed by atoms with Crippen molar-refractivity contribution in [3.63, 3.8) is 0 Å². The second-order valence-corrected chi connectivity index (χ2v) is 1.75. The zero-order valence-corrected chi connectivity index (χ0v) is 5.85. The summed E-state index contributed by atoms with van der Waals surface area (Å²) in [4.78, 5) is 10.5. The van der Waals surface area contributed by atoms with Crippen molar-refractivity contribution in [2.45, 2.75) is 19.4 Å². The second-order valence-electron chi connectivity index (χ2n) is 1.75. The molecule has 2 heteroatoms. The van der Waals surface area contributed by atoms with Crippen LogP contribution in [0.1, 0.15) is 13.3 Å². The van der Waals surface area contributed by atoms with E-state index >= 15 is 0 Å². The molecule has 0 saturated heterocycles. The van der Waals surface area contributed by atoms with E-state index in [4.69, 9.17) is 12.8 Å². The van der Waals surface area contributed by atoms with E-state index in [2.05, 4.69) is 11.2 Å². The van der Waals surface area contributed by atoms with Crippen LogP contribution in [0.2, 0.25) is 0 Å². The van der Waals surface area contributed by atoms with Gasteiger partial charge in [-0.05, 0) is 12.3 Å². The average molecular weight is 135 g/mol. The van der Waals surface area contributed by atoms with E-state index in [1.54, 1.807) is 0 Å². The Kier molecular flexibility index (Phi) is 3.84. The lowest BCUT2D eigenvalue weighted by molar-refractivity contribution is -0.116. The van der Waals surface area contributed by atoms with Gasteiger partial charge in [-0.25, -0.2) is 0 Å². The van der Waals surface area contributed by atoms with Crippen molar-refractivity contribution < 1.29 is 4.79 Å². The minimum Gasteiger partial charge on any atom is -0.332 e. The third kappa shape index (κ3) is 2.79. The Bertz CT molecular complexity index is 194. The molecule has 0 aliphatic rings. The molecular weight excluding hydrogens is 126 g/mol. The van der Waals surface area contributed by atoms with Crippen LogP contribution in [0.5, 0.6) is 0 Å². The van der Waals surface area contributed by atoms with Crippen molar-refractivity contribution >= 4 is 5.91 Å². The summed E-state index contributed by atoms with van der Waals surface area (Å²) < 4.78 is 0. The average Bonchev–Trinajstić information content (AvgIpc) is 1.99. The summed E-state index contributed by atoms with van der Waals surface area (Å²) in [6, 6.07) is -0.233. The highest BCUT2D eigenvalue weighted by Gasteiger charge is 2.02. The van der Waals surface area contributed by atoms with Crippen LogP contribution >= 0.6 is 0 Å². The van der Waals surface area contributed by atoms with Crippen LogP contribution in [0.4, 0.5) is 0 Å². The number of hydrogen-bond donors (Lipinski definition) is 1. The topological polar surface area (TPSA) is 29.1 Å². The zero-order chi connectivity index (χ0) is 7.98. The quantitative estimate of drug-likeness (QED) is 0.536. The molecule has 52 valence electrons. The Hall–Kier alpha value is -1.41. The van der Waals surface area contributed by atoms with E-state index in [0.29, 0.717) is 6.42 Å². The molecule has 10 heavy (non-hydrogen) atoms. The Morgan fingerprint density at radius 3 is 2.60 bits per heavy atom. The molecule has 1 unspecified atom stereocenters.